The second-order valence-corrected chi connectivity index (χ2v) is 4.59. The molecule has 3 heteroatoms. The minimum absolute atomic E-state index is 0.462. The van der Waals surface area contributed by atoms with Gasteiger partial charge in [0, 0.05) is 6.42 Å². The predicted octanol–water partition coefficient (Wildman–Crippen LogP) is 2.86. The number of hydrogen-bond donors (Lipinski definition) is 0. The van der Waals surface area contributed by atoms with Gasteiger partial charge in [-0.15, -0.1) is 0 Å². The molecule has 0 aromatic heterocycles. The van der Waals surface area contributed by atoms with Crippen molar-refractivity contribution in [2.45, 2.75) is 32.7 Å². The van der Waals surface area contributed by atoms with Gasteiger partial charge < -0.3 is 4.74 Å². The number of likely N-dealkylation sites (N-methyl/N-ethyl adjacent to an activating group) is 1. The predicted molar refractivity (Wildman–Crippen MR) is 73.6 cm³/mol. The van der Waals surface area contributed by atoms with Gasteiger partial charge in [0.2, 0.25) is 0 Å². The van der Waals surface area contributed by atoms with Crippen molar-refractivity contribution in [1.82, 2.24) is 4.90 Å². The van der Waals surface area contributed by atoms with Crippen LogP contribution in [-0.4, -0.2) is 30.6 Å². The molecule has 0 bridgehead atoms. The molecule has 1 aromatic carbocycles. The van der Waals surface area contributed by atoms with Gasteiger partial charge in [0.1, 0.15) is 11.3 Å². The lowest BCUT2D eigenvalue weighted by Gasteiger charge is -2.34. The van der Waals surface area contributed by atoms with Crippen molar-refractivity contribution >= 4 is 0 Å². The maximum atomic E-state index is 9.48. The molecule has 98 valence electrons. The fraction of sp³-hybridized carbons (Fsp3) is 0.533. The molecule has 0 N–H and O–H groups in total. The van der Waals surface area contributed by atoms with E-state index in [1.54, 1.807) is 7.11 Å². The third-order valence-electron chi connectivity index (χ3n) is 3.38. The van der Waals surface area contributed by atoms with Crippen LogP contribution in [0.2, 0.25) is 0 Å². The summed E-state index contributed by atoms with van der Waals surface area (Å²) in [6, 6.07) is 10.4. The van der Waals surface area contributed by atoms with Crippen LogP contribution in [0.1, 0.15) is 26.3 Å². The van der Waals surface area contributed by atoms with E-state index in [0.29, 0.717) is 6.42 Å². The zero-order valence-corrected chi connectivity index (χ0v) is 11.7. The highest BCUT2D eigenvalue weighted by molar-refractivity contribution is 5.31. The molecule has 0 aliphatic carbocycles. The van der Waals surface area contributed by atoms with Crippen molar-refractivity contribution in [2.75, 3.05) is 20.2 Å². The summed E-state index contributed by atoms with van der Waals surface area (Å²) >= 11 is 0. The maximum Gasteiger partial charge on any atom is 0.119 e. The van der Waals surface area contributed by atoms with Gasteiger partial charge in [-0.05, 0) is 37.7 Å². The van der Waals surface area contributed by atoms with E-state index in [0.717, 1.165) is 24.4 Å². The van der Waals surface area contributed by atoms with Crippen molar-refractivity contribution in [1.29, 1.82) is 5.26 Å². The minimum Gasteiger partial charge on any atom is -0.497 e. The molecule has 0 aliphatic rings. The van der Waals surface area contributed by atoms with Crippen molar-refractivity contribution < 1.29 is 4.74 Å². The van der Waals surface area contributed by atoms with Crippen LogP contribution in [0.5, 0.6) is 5.75 Å². The molecule has 0 heterocycles. The number of methoxy groups -OCH3 is 1. The van der Waals surface area contributed by atoms with Crippen LogP contribution in [0.15, 0.2) is 24.3 Å². The van der Waals surface area contributed by atoms with Gasteiger partial charge in [0.25, 0.3) is 0 Å². The fourth-order valence-electron chi connectivity index (χ4n) is 2.32. The molecule has 18 heavy (non-hydrogen) atoms. The summed E-state index contributed by atoms with van der Waals surface area (Å²) in [7, 11) is 1.66. The van der Waals surface area contributed by atoms with Crippen molar-refractivity contribution in [2.24, 2.45) is 0 Å². The van der Waals surface area contributed by atoms with E-state index in [9.17, 15) is 5.26 Å². The molecule has 0 fully saturated rings. The van der Waals surface area contributed by atoms with Gasteiger partial charge in [-0.25, -0.2) is 0 Å². The first kappa shape index (κ1) is 14.5. The molecule has 3 nitrogen and oxygen atoms in total. The van der Waals surface area contributed by atoms with Gasteiger partial charge in [-0.1, -0.05) is 26.0 Å². The first-order valence-corrected chi connectivity index (χ1v) is 6.38. The molecule has 0 spiro atoms. The molecule has 0 radical (unpaired) electrons. The van der Waals surface area contributed by atoms with Gasteiger partial charge >= 0.3 is 0 Å². The number of ether oxygens (including phenoxy) is 1. The molecule has 1 atom stereocenters. The second-order valence-electron chi connectivity index (χ2n) is 4.59. The lowest BCUT2D eigenvalue weighted by Crippen LogP contribution is -2.46. The Morgan fingerprint density at radius 3 is 2.50 bits per heavy atom. The molecule has 0 amide bonds. The van der Waals surface area contributed by atoms with Gasteiger partial charge in [0.05, 0.1) is 13.2 Å². The number of hydrogen-bond acceptors (Lipinski definition) is 3. The largest absolute Gasteiger partial charge is 0.497 e. The summed E-state index contributed by atoms with van der Waals surface area (Å²) in [5, 5.41) is 9.48. The number of nitrogens with zero attached hydrogens (tertiary/aromatic N) is 2. The molecule has 1 unspecified atom stereocenters. The monoisotopic (exact) mass is 246 g/mol. The van der Waals surface area contributed by atoms with Gasteiger partial charge in [0.15, 0.2) is 0 Å². The molecule has 1 rings (SSSR count). The first-order valence-electron chi connectivity index (χ1n) is 6.38. The van der Waals surface area contributed by atoms with Gasteiger partial charge in [-0.3, -0.25) is 4.90 Å². The Bertz CT molecular complexity index is 421. The zero-order valence-electron chi connectivity index (χ0n) is 11.7. The van der Waals surface area contributed by atoms with Crippen LogP contribution in [0.25, 0.3) is 0 Å². The summed E-state index contributed by atoms with van der Waals surface area (Å²) in [4.78, 5) is 2.19. The highest BCUT2D eigenvalue weighted by atomic mass is 16.5. The Balaban J connectivity index is 2.94. The smallest absolute Gasteiger partial charge is 0.119 e. The molecular weight excluding hydrogens is 224 g/mol. The van der Waals surface area contributed by atoms with Crippen LogP contribution in [0.3, 0.4) is 0 Å². The van der Waals surface area contributed by atoms with Crippen molar-refractivity contribution in [3.63, 3.8) is 0 Å². The van der Waals surface area contributed by atoms with Crippen LogP contribution in [-0.2, 0) is 6.42 Å². The maximum absolute atomic E-state index is 9.48. The van der Waals surface area contributed by atoms with Crippen molar-refractivity contribution in [3.05, 3.63) is 29.8 Å². The van der Waals surface area contributed by atoms with E-state index in [1.165, 1.54) is 0 Å². The molecular formula is C15H22N2O. The Kier molecular flexibility index (Phi) is 5.18. The van der Waals surface area contributed by atoms with E-state index in [1.807, 2.05) is 31.2 Å². The third-order valence-corrected chi connectivity index (χ3v) is 3.38. The molecule has 1 aromatic rings. The average molecular weight is 246 g/mol. The summed E-state index contributed by atoms with van der Waals surface area (Å²) in [5.41, 5.74) is 0.667. The molecule has 0 saturated carbocycles. The van der Waals surface area contributed by atoms with E-state index in [4.69, 9.17) is 4.74 Å². The van der Waals surface area contributed by atoms with Crippen molar-refractivity contribution in [3.8, 4) is 11.8 Å². The fourth-order valence-corrected chi connectivity index (χ4v) is 2.32. The SMILES string of the molecule is CCN(CC)C(C)(C#N)Cc1cccc(OC)c1. The summed E-state index contributed by atoms with van der Waals surface area (Å²) in [6.45, 7) is 7.93. The molecule has 0 aliphatic heterocycles. The summed E-state index contributed by atoms with van der Waals surface area (Å²) in [6.07, 6.45) is 0.711. The number of nitriles is 1. The Hall–Kier alpha value is -1.53. The quantitative estimate of drug-likeness (QED) is 0.774. The van der Waals surface area contributed by atoms with E-state index < -0.39 is 5.54 Å². The highest BCUT2D eigenvalue weighted by Gasteiger charge is 2.30. The van der Waals surface area contributed by atoms with E-state index >= 15 is 0 Å². The first-order chi connectivity index (χ1) is 8.59. The van der Waals surface area contributed by atoms with Crippen LogP contribution < -0.4 is 4.74 Å². The lowest BCUT2D eigenvalue weighted by atomic mass is 9.92. The van der Waals surface area contributed by atoms with Crippen LogP contribution in [0.4, 0.5) is 0 Å². The second kappa shape index (κ2) is 6.42. The normalized spacial score (nSPS) is 14.0. The number of rotatable bonds is 6. The highest BCUT2D eigenvalue weighted by Crippen LogP contribution is 2.22. The average Bonchev–Trinajstić information content (AvgIpc) is 2.40. The lowest BCUT2D eigenvalue weighted by molar-refractivity contribution is 0.169. The minimum atomic E-state index is -0.462. The topological polar surface area (TPSA) is 36.3 Å². The zero-order chi connectivity index (χ0) is 13.6. The standard InChI is InChI=1S/C15H22N2O/c1-5-17(6-2)15(3,12-16)11-13-8-7-9-14(10-13)18-4/h7-10H,5-6,11H2,1-4H3. The summed E-state index contributed by atoms with van der Waals surface area (Å²) < 4.78 is 5.22. The summed E-state index contributed by atoms with van der Waals surface area (Å²) in [5.74, 6) is 0.840. The van der Waals surface area contributed by atoms with Crippen LogP contribution in [0, 0.1) is 11.3 Å². The Morgan fingerprint density at radius 1 is 1.33 bits per heavy atom. The van der Waals surface area contributed by atoms with E-state index in [2.05, 4.69) is 24.8 Å². The Labute approximate surface area is 110 Å². The molecule has 0 saturated heterocycles. The van der Waals surface area contributed by atoms with E-state index in [-0.39, 0.29) is 0 Å². The third kappa shape index (κ3) is 3.24. The van der Waals surface area contributed by atoms with Gasteiger partial charge in [-0.2, -0.15) is 5.26 Å². The number of benzene rings is 1. The Morgan fingerprint density at radius 2 is 2.00 bits per heavy atom. The van der Waals surface area contributed by atoms with Crippen LogP contribution >= 0.6 is 0 Å².